The molecule has 0 spiro atoms. The number of aromatic nitrogens is 3. The van der Waals surface area contributed by atoms with Gasteiger partial charge in [-0.25, -0.2) is 0 Å². The number of carbonyl (C=O) groups is 1. The van der Waals surface area contributed by atoms with Gasteiger partial charge < -0.3 is 5.32 Å². The zero-order chi connectivity index (χ0) is 19.5. The zero-order valence-corrected chi connectivity index (χ0v) is 17.8. The molecule has 28 heavy (non-hydrogen) atoms. The second kappa shape index (κ2) is 8.49. The summed E-state index contributed by atoms with van der Waals surface area (Å²) in [5.74, 6) is 1.25. The van der Waals surface area contributed by atoms with Crippen LogP contribution in [0.25, 0.3) is 10.7 Å². The number of nitrogens with one attached hydrogen (secondary N) is 1. The molecule has 1 amide bonds. The lowest BCUT2D eigenvalue weighted by Gasteiger charge is -2.14. The fraction of sp³-hybridized carbons (Fsp3) is 0.381. The van der Waals surface area contributed by atoms with E-state index in [4.69, 9.17) is 0 Å². The van der Waals surface area contributed by atoms with E-state index in [1.807, 2.05) is 6.07 Å². The normalized spacial score (nSPS) is 13.6. The molecule has 1 aliphatic rings. The van der Waals surface area contributed by atoms with E-state index in [1.165, 1.54) is 22.9 Å². The summed E-state index contributed by atoms with van der Waals surface area (Å²) in [5.41, 5.74) is 3.33. The van der Waals surface area contributed by atoms with Gasteiger partial charge in [0.2, 0.25) is 5.91 Å². The highest BCUT2D eigenvalue weighted by Crippen LogP contribution is 2.41. The Hall–Kier alpha value is -2.12. The van der Waals surface area contributed by atoms with Crippen molar-refractivity contribution in [2.24, 2.45) is 0 Å². The number of aryl methyl sites for hydroxylation is 2. The molecule has 0 unspecified atom stereocenters. The van der Waals surface area contributed by atoms with E-state index in [0.717, 1.165) is 47.2 Å². The largest absolute Gasteiger partial charge is 0.325 e. The third-order valence-electron chi connectivity index (χ3n) is 4.91. The first kappa shape index (κ1) is 19.2. The van der Waals surface area contributed by atoms with Crippen molar-refractivity contribution >= 4 is 34.7 Å². The van der Waals surface area contributed by atoms with Gasteiger partial charge in [0, 0.05) is 11.7 Å². The number of amides is 1. The molecule has 146 valence electrons. The number of thioether (sulfide) groups is 1. The van der Waals surface area contributed by atoms with Gasteiger partial charge >= 0.3 is 0 Å². The summed E-state index contributed by atoms with van der Waals surface area (Å²) in [6.45, 7) is 4.23. The summed E-state index contributed by atoms with van der Waals surface area (Å²) in [7, 11) is 0. The molecule has 1 saturated carbocycles. The van der Waals surface area contributed by atoms with Gasteiger partial charge in [-0.05, 0) is 48.3 Å². The SMILES string of the molecule is CCc1cccc(CC)c1NC(=O)CSc1nnc(-c2cccs2)n1C1CC1. The van der Waals surface area contributed by atoms with Crippen LogP contribution in [0.3, 0.4) is 0 Å². The van der Waals surface area contributed by atoms with Crippen LogP contribution >= 0.6 is 23.1 Å². The molecule has 1 aliphatic carbocycles. The molecular weight excluding hydrogens is 388 g/mol. The van der Waals surface area contributed by atoms with Crippen molar-refractivity contribution < 1.29 is 4.79 Å². The molecule has 2 heterocycles. The van der Waals surface area contributed by atoms with E-state index in [0.29, 0.717) is 11.8 Å². The highest BCUT2D eigenvalue weighted by atomic mass is 32.2. The van der Waals surface area contributed by atoms with Gasteiger partial charge in [-0.1, -0.05) is 49.9 Å². The maximum absolute atomic E-state index is 12.7. The molecule has 7 heteroatoms. The van der Waals surface area contributed by atoms with Crippen molar-refractivity contribution in [2.75, 3.05) is 11.1 Å². The number of hydrogen-bond acceptors (Lipinski definition) is 5. The Morgan fingerprint density at radius 2 is 1.93 bits per heavy atom. The van der Waals surface area contributed by atoms with Crippen molar-refractivity contribution in [1.82, 2.24) is 14.8 Å². The smallest absolute Gasteiger partial charge is 0.234 e. The van der Waals surface area contributed by atoms with Crippen molar-refractivity contribution in [3.05, 3.63) is 46.8 Å². The minimum absolute atomic E-state index is 0.00335. The van der Waals surface area contributed by atoms with Crippen molar-refractivity contribution in [1.29, 1.82) is 0 Å². The number of benzene rings is 1. The van der Waals surface area contributed by atoms with Crippen LogP contribution < -0.4 is 5.32 Å². The van der Waals surface area contributed by atoms with Crippen LogP contribution in [-0.4, -0.2) is 26.4 Å². The second-order valence-corrected chi connectivity index (χ2v) is 8.77. The number of carbonyl (C=O) groups excluding carboxylic acids is 1. The van der Waals surface area contributed by atoms with Crippen LogP contribution in [0.5, 0.6) is 0 Å². The van der Waals surface area contributed by atoms with Gasteiger partial charge in [-0.15, -0.1) is 21.5 Å². The predicted octanol–water partition coefficient (Wildman–Crippen LogP) is 5.20. The fourth-order valence-corrected chi connectivity index (χ4v) is 4.83. The van der Waals surface area contributed by atoms with Gasteiger partial charge in [0.1, 0.15) is 0 Å². The Labute approximate surface area is 173 Å². The molecule has 1 N–H and O–H groups in total. The molecule has 3 aromatic rings. The van der Waals surface area contributed by atoms with Gasteiger partial charge in [0.25, 0.3) is 0 Å². The maximum Gasteiger partial charge on any atom is 0.234 e. The molecule has 0 atom stereocenters. The first-order valence-corrected chi connectivity index (χ1v) is 11.6. The molecular formula is C21H24N4OS2. The summed E-state index contributed by atoms with van der Waals surface area (Å²) in [6, 6.07) is 10.8. The van der Waals surface area contributed by atoms with Crippen LogP contribution in [0.15, 0.2) is 40.9 Å². The van der Waals surface area contributed by atoms with Crippen LogP contribution in [-0.2, 0) is 17.6 Å². The fourth-order valence-electron chi connectivity index (χ4n) is 3.32. The van der Waals surface area contributed by atoms with Crippen LogP contribution in [0, 0.1) is 0 Å². The van der Waals surface area contributed by atoms with Crippen molar-refractivity contribution in [3.8, 4) is 10.7 Å². The lowest BCUT2D eigenvalue weighted by molar-refractivity contribution is -0.113. The number of rotatable bonds is 8. The standard InChI is InChI=1S/C21H24N4OS2/c1-3-14-7-5-8-15(4-2)19(14)22-18(26)13-28-21-24-23-20(17-9-6-12-27-17)25(21)16-10-11-16/h5-9,12,16H,3-4,10-11,13H2,1-2H3,(H,22,26). The highest BCUT2D eigenvalue weighted by molar-refractivity contribution is 7.99. The third kappa shape index (κ3) is 4.00. The summed E-state index contributed by atoms with van der Waals surface area (Å²) >= 11 is 3.14. The number of para-hydroxylation sites is 1. The minimum Gasteiger partial charge on any atom is -0.325 e. The summed E-state index contributed by atoms with van der Waals surface area (Å²) < 4.78 is 2.21. The predicted molar refractivity (Wildman–Crippen MR) is 116 cm³/mol. The number of hydrogen-bond donors (Lipinski definition) is 1. The van der Waals surface area contributed by atoms with Gasteiger partial charge in [-0.2, -0.15) is 0 Å². The monoisotopic (exact) mass is 412 g/mol. The quantitative estimate of drug-likeness (QED) is 0.517. The Kier molecular flexibility index (Phi) is 5.82. The Morgan fingerprint density at radius 1 is 1.18 bits per heavy atom. The molecule has 0 aliphatic heterocycles. The molecule has 0 radical (unpaired) electrons. The topological polar surface area (TPSA) is 59.8 Å². The van der Waals surface area contributed by atoms with E-state index >= 15 is 0 Å². The van der Waals surface area contributed by atoms with Crippen LogP contribution in [0.2, 0.25) is 0 Å². The second-order valence-electron chi connectivity index (χ2n) is 6.88. The number of nitrogens with zero attached hydrogens (tertiary/aromatic N) is 3. The van der Waals surface area contributed by atoms with E-state index in [2.05, 4.69) is 63.6 Å². The Balaban J connectivity index is 1.48. The van der Waals surface area contributed by atoms with Gasteiger partial charge in [-0.3, -0.25) is 9.36 Å². The zero-order valence-electron chi connectivity index (χ0n) is 16.1. The Morgan fingerprint density at radius 3 is 2.54 bits per heavy atom. The van der Waals surface area contributed by atoms with E-state index in [1.54, 1.807) is 11.3 Å². The van der Waals surface area contributed by atoms with E-state index < -0.39 is 0 Å². The molecule has 1 fully saturated rings. The highest BCUT2D eigenvalue weighted by Gasteiger charge is 2.30. The summed E-state index contributed by atoms with van der Waals surface area (Å²) in [5, 5.41) is 14.8. The molecule has 4 rings (SSSR count). The van der Waals surface area contributed by atoms with Gasteiger partial charge in [0.15, 0.2) is 11.0 Å². The summed E-state index contributed by atoms with van der Waals surface area (Å²) in [6.07, 6.45) is 4.10. The third-order valence-corrected chi connectivity index (χ3v) is 6.72. The number of thiophene rings is 1. The average Bonchev–Trinajstić information content (AvgIpc) is 3.23. The molecule has 2 aromatic heterocycles. The lowest BCUT2D eigenvalue weighted by atomic mass is 10.0. The first-order valence-electron chi connectivity index (χ1n) is 9.73. The molecule has 0 bridgehead atoms. The van der Waals surface area contributed by atoms with Crippen molar-refractivity contribution in [2.45, 2.75) is 50.7 Å². The Bertz CT molecular complexity index is 939. The molecule has 1 aromatic carbocycles. The molecule has 5 nitrogen and oxygen atoms in total. The number of anilines is 1. The maximum atomic E-state index is 12.7. The van der Waals surface area contributed by atoms with Gasteiger partial charge in [0.05, 0.1) is 10.6 Å². The lowest BCUT2D eigenvalue weighted by Crippen LogP contribution is -2.17. The van der Waals surface area contributed by atoms with E-state index in [9.17, 15) is 4.79 Å². The van der Waals surface area contributed by atoms with E-state index in [-0.39, 0.29) is 5.91 Å². The molecule has 0 saturated heterocycles. The first-order chi connectivity index (χ1) is 13.7. The average molecular weight is 413 g/mol. The van der Waals surface area contributed by atoms with Crippen LogP contribution in [0.4, 0.5) is 5.69 Å². The minimum atomic E-state index is 0.00335. The van der Waals surface area contributed by atoms with Crippen molar-refractivity contribution in [3.63, 3.8) is 0 Å². The summed E-state index contributed by atoms with van der Waals surface area (Å²) in [4.78, 5) is 13.8. The van der Waals surface area contributed by atoms with Crippen LogP contribution in [0.1, 0.15) is 43.9 Å².